The Labute approximate surface area is 159 Å². The first kappa shape index (κ1) is 20.3. The highest BCUT2D eigenvalue weighted by molar-refractivity contribution is 7.99. The van der Waals surface area contributed by atoms with Crippen molar-refractivity contribution in [2.45, 2.75) is 51.9 Å². The van der Waals surface area contributed by atoms with Crippen molar-refractivity contribution in [3.05, 3.63) is 24.3 Å². The van der Waals surface area contributed by atoms with Crippen LogP contribution in [-0.4, -0.2) is 39.6 Å². The van der Waals surface area contributed by atoms with Crippen molar-refractivity contribution in [1.29, 1.82) is 0 Å². The third-order valence-corrected chi connectivity index (χ3v) is 5.19. The minimum absolute atomic E-state index is 0.0144. The van der Waals surface area contributed by atoms with Crippen LogP contribution in [0.4, 0.5) is 0 Å². The van der Waals surface area contributed by atoms with E-state index in [9.17, 15) is 4.79 Å². The molecule has 142 valence electrons. The number of ether oxygens (including phenoxy) is 1. The second-order valence-electron chi connectivity index (χ2n) is 6.89. The highest BCUT2D eigenvalue weighted by Crippen LogP contribution is 2.28. The van der Waals surface area contributed by atoms with Gasteiger partial charge in [-0.15, -0.1) is 10.2 Å². The lowest BCUT2D eigenvalue weighted by molar-refractivity contribution is -0.119. The van der Waals surface area contributed by atoms with Gasteiger partial charge in [-0.3, -0.25) is 9.36 Å². The van der Waals surface area contributed by atoms with E-state index in [1.807, 2.05) is 31.2 Å². The molecule has 1 aromatic heterocycles. The zero-order chi connectivity index (χ0) is 19.3. The predicted octanol–water partition coefficient (Wildman–Crippen LogP) is 3.79. The maximum atomic E-state index is 12.2. The standard InChI is InChI=1S/C19H28N4O2S/c1-12(2)14(5)20-17(24)11-26-19-22-21-18(23(19)13(3)4)15-7-9-16(25-6)10-8-15/h7-10,12-14H,11H2,1-6H3,(H,20,24)/t14-/m1/s1. The van der Waals surface area contributed by atoms with Crippen molar-refractivity contribution in [2.24, 2.45) is 5.92 Å². The predicted molar refractivity (Wildman–Crippen MR) is 106 cm³/mol. The second-order valence-corrected chi connectivity index (χ2v) is 7.83. The number of benzene rings is 1. The van der Waals surface area contributed by atoms with Gasteiger partial charge in [0.2, 0.25) is 5.91 Å². The summed E-state index contributed by atoms with van der Waals surface area (Å²) in [5.41, 5.74) is 0.969. The number of hydrogen-bond donors (Lipinski definition) is 1. The molecule has 0 saturated carbocycles. The highest BCUT2D eigenvalue weighted by atomic mass is 32.2. The average molecular weight is 377 g/mol. The molecule has 0 fully saturated rings. The molecule has 0 spiro atoms. The summed E-state index contributed by atoms with van der Waals surface area (Å²) < 4.78 is 7.27. The Morgan fingerprint density at radius 1 is 1.15 bits per heavy atom. The number of carbonyl (C=O) groups excluding carboxylic acids is 1. The first-order valence-electron chi connectivity index (χ1n) is 8.85. The molecule has 0 unspecified atom stereocenters. The van der Waals surface area contributed by atoms with Gasteiger partial charge < -0.3 is 10.1 Å². The maximum Gasteiger partial charge on any atom is 0.230 e. The van der Waals surface area contributed by atoms with Crippen LogP contribution < -0.4 is 10.1 Å². The SMILES string of the molecule is COc1ccc(-c2nnc(SCC(=O)N[C@H](C)C(C)C)n2C(C)C)cc1. The largest absolute Gasteiger partial charge is 0.497 e. The molecule has 7 heteroatoms. The lowest BCUT2D eigenvalue weighted by Crippen LogP contribution is -2.37. The number of hydrogen-bond acceptors (Lipinski definition) is 5. The van der Waals surface area contributed by atoms with E-state index in [-0.39, 0.29) is 18.0 Å². The molecule has 1 amide bonds. The Morgan fingerprint density at radius 3 is 2.35 bits per heavy atom. The van der Waals surface area contributed by atoms with Gasteiger partial charge in [0.05, 0.1) is 12.9 Å². The number of rotatable bonds is 8. The molecule has 2 aromatic rings. The van der Waals surface area contributed by atoms with Gasteiger partial charge in [-0.1, -0.05) is 25.6 Å². The molecule has 0 aliphatic rings. The minimum atomic E-state index is 0.0144. The van der Waals surface area contributed by atoms with Crippen molar-refractivity contribution < 1.29 is 9.53 Å². The zero-order valence-electron chi connectivity index (χ0n) is 16.3. The third kappa shape index (κ3) is 5.00. The Bertz CT molecular complexity index is 726. The maximum absolute atomic E-state index is 12.2. The van der Waals surface area contributed by atoms with E-state index in [2.05, 4.69) is 47.8 Å². The molecule has 0 aliphatic carbocycles. The van der Waals surface area contributed by atoms with Crippen LogP contribution >= 0.6 is 11.8 Å². The van der Waals surface area contributed by atoms with Gasteiger partial charge in [0.1, 0.15) is 5.75 Å². The van der Waals surface area contributed by atoms with Gasteiger partial charge in [0, 0.05) is 17.6 Å². The fourth-order valence-corrected chi connectivity index (χ4v) is 3.25. The molecular weight excluding hydrogens is 348 g/mol. The molecular formula is C19H28N4O2S. The van der Waals surface area contributed by atoms with Gasteiger partial charge in [0.25, 0.3) is 0 Å². The summed E-state index contributed by atoms with van der Waals surface area (Å²) in [6.45, 7) is 10.4. The van der Waals surface area contributed by atoms with Crippen molar-refractivity contribution in [3.63, 3.8) is 0 Å². The summed E-state index contributed by atoms with van der Waals surface area (Å²) in [5.74, 6) is 2.34. The lowest BCUT2D eigenvalue weighted by Gasteiger charge is -2.17. The van der Waals surface area contributed by atoms with Crippen LogP contribution in [0.5, 0.6) is 5.75 Å². The smallest absolute Gasteiger partial charge is 0.230 e. The number of nitrogens with one attached hydrogen (secondary N) is 1. The molecule has 2 rings (SSSR count). The topological polar surface area (TPSA) is 69.0 Å². The number of carbonyl (C=O) groups is 1. The Morgan fingerprint density at radius 2 is 1.81 bits per heavy atom. The monoisotopic (exact) mass is 376 g/mol. The normalized spacial score (nSPS) is 12.5. The van der Waals surface area contributed by atoms with Crippen LogP contribution in [-0.2, 0) is 4.79 Å². The van der Waals surface area contributed by atoms with Crippen LogP contribution in [0.15, 0.2) is 29.4 Å². The van der Waals surface area contributed by atoms with Crippen molar-refractivity contribution >= 4 is 17.7 Å². The van der Waals surface area contributed by atoms with Gasteiger partial charge in [0.15, 0.2) is 11.0 Å². The molecule has 1 atom stereocenters. The minimum Gasteiger partial charge on any atom is -0.497 e. The number of nitrogens with zero attached hydrogens (tertiary/aromatic N) is 3. The van der Waals surface area contributed by atoms with E-state index < -0.39 is 0 Å². The van der Waals surface area contributed by atoms with Crippen molar-refractivity contribution in [2.75, 3.05) is 12.9 Å². The number of aromatic nitrogens is 3. The summed E-state index contributed by atoms with van der Waals surface area (Å²) in [5, 5.41) is 12.4. The van der Waals surface area contributed by atoms with Crippen molar-refractivity contribution in [1.82, 2.24) is 20.1 Å². The molecule has 1 N–H and O–H groups in total. The Hall–Kier alpha value is -2.02. The zero-order valence-corrected chi connectivity index (χ0v) is 17.1. The van der Waals surface area contributed by atoms with Gasteiger partial charge in [-0.05, 0) is 51.0 Å². The first-order valence-corrected chi connectivity index (χ1v) is 9.83. The summed E-state index contributed by atoms with van der Waals surface area (Å²) >= 11 is 1.41. The summed E-state index contributed by atoms with van der Waals surface area (Å²) in [4.78, 5) is 12.2. The lowest BCUT2D eigenvalue weighted by atomic mass is 10.1. The van der Waals surface area contributed by atoms with E-state index in [4.69, 9.17) is 4.74 Å². The first-order chi connectivity index (χ1) is 12.3. The molecule has 0 saturated heterocycles. The van der Waals surface area contributed by atoms with Gasteiger partial charge in [-0.25, -0.2) is 0 Å². The molecule has 26 heavy (non-hydrogen) atoms. The highest BCUT2D eigenvalue weighted by Gasteiger charge is 2.18. The van der Waals surface area contributed by atoms with Gasteiger partial charge in [-0.2, -0.15) is 0 Å². The van der Waals surface area contributed by atoms with E-state index in [1.54, 1.807) is 7.11 Å². The fourth-order valence-electron chi connectivity index (χ4n) is 2.37. The van der Waals surface area contributed by atoms with Crippen molar-refractivity contribution in [3.8, 4) is 17.1 Å². The van der Waals surface area contributed by atoms with Crippen LogP contribution in [0.2, 0.25) is 0 Å². The van der Waals surface area contributed by atoms with E-state index in [0.717, 1.165) is 22.3 Å². The molecule has 0 bridgehead atoms. The van der Waals surface area contributed by atoms with E-state index in [1.165, 1.54) is 11.8 Å². The molecule has 1 heterocycles. The quantitative estimate of drug-likeness (QED) is 0.710. The molecule has 0 radical (unpaired) electrons. The molecule has 0 aliphatic heterocycles. The van der Waals surface area contributed by atoms with Crippen LogP contribution in [0, 0.1) is 5.92 Å². The number of amides is 1. The summed E-state index contributed by atoms with van der Waals surface area (Å²) in [6, 6.07) is 8.08. The average Bonchev–Trinajstić information content (AvgIpc) is 3.04. The molecule has 1 aromatic carbocycles. The van der Waals surface area contributed by atoms with Crippen LogP contribution in [0.3, 0.4) is 0 Å². The Kier molecular flexibility index (Phi) is 7.08. The third-order valence-electron chi connectivity index (χ3n) is 4.25. The Balaban J connectivity index is 2.14. The van der Waals surface area contributed by atoms with Crippen LogP contribution in [0.1, 0.15) is 40.7 Å². The number of thioether (sulfide) groups is 1. The summed E-state index contributed by atoms with van der Waals surface area (Å²) in [6.07, 6.45) is 0. The summed E-state index contributed by atoms with van der Waals surface area (Å²) in [7, 11) is 1.64. The van der Waals surface area contributed by atoms with E-state index >= 15 is 0 Å². The fraction of sp³-hybridized carbons (Fsp3) is 0.526. The van der Waals surface area contributed by atoms with Gasteiger partial charge >= 0.3 is 0 Å². The van der Waals surface area contributed by atoms with E-state index in [0.29, 0.717) is 11.7 Å². The molecule has 6 nitrogen and oxygen atoms in total. The van der Waals surface area contributed by atoms with Crippen LogP contribution in [0.25, 0.3) is 11.4 Å². The number of methoxy groups -OCH3 is 1. The second kappa shape index (κ2) is 9.07.